The molecule has 0 aromatic heterocycles. The number of hydrogen-bond acceptors (Lipinski definition) is 4. The van der Waals surface area contributed by atoms with Crippen molar-refractivity contribution in [3.05, 3.63) is 59.7 Å². The van der Waals surface area contributed by atoms with Gasteiger partial charge in [0.2, 0.25) is 0 Å². The van der Waals surface area contributed by atoms with Gasteiger partial charge in [0.25, 0.3) is 0 Å². The minimum atomic E-state index is -0.283. The van der Waals surface area contributed by atoms with Crippen LogP contribution in [0.25, 0.3) is 0 Å². The quantitative estimate of drug-likeness (QED) is 0.843. The highest BCUT2D eigenvalue weighted by atomic mass is 16.7. The van der Waals surface area contributed by atoms with E-state index in [0.717, 1.165) is 22.6 Å². The molecule has 1 heterocycles. The zero-order valence-electron chi connectivity index (χ0n) is 9.91. The number of hydroxylamine groups is 1. The fraction of sp³-hybridized carbons (Fsp3) is 0.143. The van der Waals surface area contributed by atoms with Gasteiger partial charge in [-0.2, -0.15) is 5.06 Å². The SMILES string of the molecule is NCc1cccc(N2Oc3ccccc3C2N)c1. The predicted molar refractivity (Wildman–Crippen MR) is 70.8 cm³/mol. The highest BCUT2D eigenvalue weighted by Crippen LogP contribution is 2.37. The maximum Gasteiger partial charge on any atom is 0.162 e. The number of nitrogens with two attached hydrogens (primary N) is 2. The van der Waals surface area contributed by atoms with E-state index in [1.165, 1.54) is 0 Å². The molecular weight excluding hydrogens is 226 g/mol. The molecular formula is C14H15N3O. The molecule has 0 saturated heterocycles. The minimum absolute atomic E-state index is 0.283. The molecule has 92 valence electrons. The van der Waals surface area contributed by atoms with Gasteiger partial charge in [-0.05, 0) is 23.8 Å². The monoisotopic (exact) mass is 241 g/mol. The topological polar surface area (TPSA) is 64.5 Å². The summed E-state index contributed by atoms with van der Waals surface area (Å²) >= 11 is 0. The van der Waals surface area contributed by atoms with Crippen LogP contribution in [0.2, 0.25) is 0 Å². The summed E-state index contributed by atoms with van der Waals surface area (Å²) in [4.78, 5) is 5.77. The molecule has 2 aromatic rings. The van der Waals surface area contributed by atoms with E-state index in [1.54, 1.807) is 5.06 Å². The Balaban J connectivity index is 1.96. The van der Waals surface area contributed by atoms with Gasteiger partial charge in [0.05, 0.1) is 5.69 Å². The Kier molecular flexibility index (Phi) is 2.66. The average molecular weight is 241 g/mol. The number of rotatable bonds is 2. The van der Waals surface area contributed by atoms with E-state index in [1.807, 2.05) is 48.5 Å². The molecule has 0 fully saturated rings. The second-order valence-corrected chi connectivity index (χ2v) is 4.27. The van der Waals surface area contributed by atoms with Crippen molar-refractivity contribution in [2.24, 2.45) is 11.5 Å². The average Bonchev–Trinajstić information content (AvgIpc) is 2.77. The van der Waals surface area contributed by atoms with Crippen molar-refractivity contribution in [1.82, 2.24) is 0 Å². The molecule has 3 rings (SSSR count). The number of para-hydroxylation sites is 1. The third kappa shape index (κ3) is 1.72. The first kappa shape index (κ1) is 11.1. The smallest absolute Gasteiger partial charge is 0.162 e. The predicted octanol–water partition coefficient (Wildman–Crippen LogP) is 1.92. The van der Waals surface area contributed by atoms with Gasteiger partial charge >= 0.3 is 0 Å². The van der Waals surface area contributed by atoms with Crippen LogP contribution in [-0.4, -0.2) is 0 Å². The zero-order valence-corrected chi connectivity index (χ0v) is 9.91. The zero-order chi connectivity index (χ0) is 12.5. The maximum absolute atomic E-state index is 6.18. The lowest BCUT2D eigenvalue weighted by atomic mass is 10.1. The third-order valence-corrected chi connectivity index (χ3v) is 3.09. The van der Waals surface area contributed by atoms with Gasteiger partial charge in [0.15, 0.2) is 5.75 Å². The van der Waals surface area contributed by atoms with Crippen molar-refractivity contribution in [3.8, 4) is 5.75 Å². The van der Waals surface area contributed by atoms with Gasteiger partial charge in [0.1, 0.15) is 6.17 Å². The van der Waals surface area contributed by atoms with Crippen LogP contribution in [0.1, 0.15) is 17.3 Å². The van der Waals surface area contributed by atoms with E-state index in [9.17, 15) is 0 Å². The van der Waals surface area contributed by atoms with Crippen LogP contribution >= 0.6 is 0 Å². The van der Waals surface area contributed by atoms with E-state index < -0.39 is 0 Å². The van der Waals surface area contributed by atoms with Gasteiger partial charge < -0.3 is 16.3 Å². The number of fused-ring (bicyclic) bond motifs is 1. The van der Waals surface area contributed by atoms with Gasteiger partial charge in [-0.15, -0.1) is 0 Å². The van der Waals surface area contributed by atoms with E-state index in [4.69, 9.17) is 16.3 Å². The molecule has 0 spiro atoms. The van der Waals surface area contributed by atoms with Crippen LogP contribution < -0.4 is 21.4 Å². The molecule has 1 aliphatic heterocycles. The first-order valence-electron chi connectivity index (χ1n) is 5.90. The lowest BCUT2D eigenvalue weighted by Crippen LogP contribution is -2.31. The first-order valence-corrected chi connectivity index (χ1v) is 5.90. The molecule has 4 heteroatoms. The van der Waals surface area contributed by atoms with Crippen LogP contribution in [0.4, 0.5) is 5.69 Å². The normalized spacial score (nSPS) is 17.4. The summed E-state index contributed by atoms with van der Waals surface area (Å²) < 4.78 is 0. The van der Waals surface area contributed by atoms with E-state index in [2.05, 4.69) is 0 Å². The molecule has 0 saturated carbocycles. The standard InChI is InChI=1S/C14H15N3O/c15-9-10-4-3-5-11(8-10)17-14(16)12-6-1-2-7-13(12)18-17/h1-8,14H,9,15-16H2. The lowest BCUT2D eigenvalue weighted by molar-refractivity contribution is 0.283. The number of benzene rings is 2. The molecule has 2 aromatic carbocycles. The van der Waals surface area contributed by atoms with Crippen LogP contribution in [0, 0.1) is 0 Å². The molecule has 4 N–H and O–H groups in total. The second kappa shape index (κ2) is 4.33. The van der Waals surface area contributed by atoms with Crippen LogP contribution in [0.3, 0.4) is 0 Å². The largest absolute Gasteiger partial charge is 0.377 e. The van der Waals surface area contributed by atoms with Crippen molar-refractivity contribution >= 4 is 5.69 Å². The van der Waals surface area contributed by atoms with Crippen LogP contribution in [0.5, 0.6) is 5.75 Å². The van der Waals surface area contributed by atoms with Crippen molar-refractivity contribution in [3.63, 3.8) is 0 Å². The number of anilines is 1. The van der Waals surface area contributed by atoms with Gasteiger partial charge in [-0.3, -0.25) is 0 Å². The molecule has 0 bridgehead atoms. The van der Waals surface area contributed by atoms with Crippen molar-refractivity contribution < 1.29 is 4.84 Å². The number of nitrogens with zero attached hydrogens (tertiary/aromatic N) is 1. The fourth-order valence-corrected chi connectivity index (χ4v) is 2.13. The van der Waals surface area contributed by atoms with Crippen molar-refractivity contribution in [2.45, 2.75) is 12.7 Å². The molecule has 1 atom stereocenters. The summed E-state index contributed by atoms with van der Waals surface area (Å²) in [5.74, 6) is 0.808. The summed E-state index contributed by atoms with van der Waals surface area (Å²) in [5.41, 5.74) is 14.8. The molecule has 18 heavy (non-hydrogen) atoms. The van der Waals surface area contributed by atoms with Gasteiger partial charge in [0, 0.05) is 12.1 Å². The Morgan fingerprint density at radius 1 is 1.11 bits per heavy atom. The highest BCUT2D eigenvalue weighted by molar-refractivity contribution is 5.54. The first-order chi connectivity index (χ1) is 8.79. The Hall–Kier alpha value is -2.04. The van der Waals surface area contributed by atoms with Gasteiger partial charge in [-0.25, -0.2) is 0 Å². The summed E-state index contributed by atoms with van der Waals surface area (Å²) in [5, 5.41) is 1.71. The van der Waals surface area contributed by atoms with Crippen molar-refractivity contribution in [1.29, 1.82) is 0 Å². The summed E-state index contributed by atoms with van der Waals surface area (Å²) in [6.07, 6.45) is -0.283. The maximum atomic E-state index is 6.18. The molecule has 0 amide bonds. The molecule has 4 nitrogen and oxygen atoms in total. The summed E-state index contributed by atoms with van der Waals surface area (Å²) in [6, 6.07) is 15.7. The van der Waals surface area contributed by atoms with E-state index in [0.29, 0.717) is 6.54 Å². The lowest BCUT2D eigenvalue weighted by Gasteiger charge is -2.22. The second-order valence-electron chi connectivity index (χ2n) is 4.27. The van der Waals surface area contributed by atoms with Gasteiger partial charge in [-0.1, -0.05) is 30.3 Å². The fourth-order valence-electron chi connectivity index (χ4n) is 2.13. The number of hydrogen-bond donors (Lipinski definition) is 2. The van der Waals surface area contributed by atoms with Crippen molar-refractivity contribution in [2.75, 3.05) is 5.06 Å². The Morgan fingerprint density at radius 3 is 2.72 bits per heavy atom. The Bertz CT molecular complexity index is 570. The molecule has 0 aliphatic carbocycles. The summed E-state index contributed by atoms with van der Waals surface area (Å²) in [7, 11) is 0. The van der Waals surface area contributed by atoms with Crippen LogP contribution in [-0.2, 0) is 6.54 Å². The Morgan fingerprint density at radius 2 is 1.94 bits per heavy atom. The third-order valence-electron chi connectivity index (χ3n) is 3.09. The van der Waals surface area contributed by atoms with Crippen LogP contribution in [0.15, 0.2) is 48.5 Å². The molecule has 0 radical (unpaired) electrons. The highest BCUT2D eigenvalue weighted by Gasteiger charge is 2.29. The van der Waals surface area contributed by atoms with E-state index in [-0.39, 0.29) is 6.17 Å². The molecule has 1 unspecified atom stereocenters. The Labute approximate surface area is 106 Å². The summed E-state index contributed by atoms with van der Waals surface area (Å²) in [6.45, 7) is 0.504. The molecule has 1 aliphatic rings. The van der Waals surface area contributed by atoms with E-state index >= 15 is 0 Å². The minimum Gasteiger partial charge on any atom is -0.377 e.